The van der Waals surface area contributed by atoms with Gasteiger partial charge in [0.05, 0.1) is 6.54 Å². The Morgan fingerprint density at radius 3 is 2.43 bits per heavy atom. The van der Waals surface area contributed by atoms with E-state index >= 15 is 0 Å². The Morgan fingerprint density at radius 1 is 1.36 bits per heavy atom. The SMILES string of the molecule is C[C@@H]1CN(C(=O)O)CC(O)N1C1CC1. The molecule has 0 spiro atoms. The van der Waals surface area contributed by atoms with E-state index in [1.807, 2.05) is 11.8 Å². The monoisotopic (exact) mass is 200 g/mol. The van der Waals surface area contributed by atoms with E-state index in [0.717, 1.165) is 12.8 Å². The minimum absolute atomic E-state index is 0.127. The molecule has 2 N–H and O–H groups in total. The molecule has 1 unspecified atom stereocenters. The van der Waals surface area contributed by atoms with Gasteiger partial charge in [-0.15, -0.1) is 0 Å². The molecule has 1 saturated carbocycles. The topological polar surface area (TPSA) is 64.0 Å². The number of nitrogens with zero attached hydrogens (tertiary/aromatic N) is 2. The first-order valence-electron chi connectivity index (χ1n) is 5.03. The lowest BCUT2D eigenvalue weighted by molar-refractivity contribution is -0.0805. The number of aliphatic hydroxyl groups excluding tert-OH is 1. The van der Waals surface area contributed by atoms with Crippen LogP contribution in [0.4, 0.5) is 4.79 Å². The molecular weight excluding hydrogens is 184 g/mol. The number of piperazine rings is 1. The zero-order valence-corrected chi connectivity index (χ0v) is 8.26. The van der Waals surface area contributed by atoms with Crippen molar-refractivity contribution in [1.29, 1.82) is 0 Å². The maximum Gasteiger partial charge on any atom is 0.407 e. The summed E-state index contributed by atoms with van der Waals surface area (Å²) in [6.45, 7) is 2.69. The average molecular weight is 200 g/mol. The smallest absolute Gasteiger partial charge is 0.407 e. The highest BCUT2D eigenvalue weighted by molar-refractivity contribution is 5.65. The Bertz CT molecular complexity index is 230. The lowest BCUT2D eigenvalue weighted by Gasteiger charge is -2.42. The number of rotatable bonds is 1. The van der Waals surface area contributed by atoms with Gasteiger partial charge in [-0.1, -0.05) is 0 Å². The quantitative estimate of drug-likeness (QED) is 0.632. The zero-order chi connectivity index (χ0) is 10.3. The van der Waals surface area contributed by atoms with Crippen molar-refractivity contribution in [2.45, 2.75) is 38.1 Å². The number of β-amino-alcohol motifs (C(OH)–C–C–N with tert-alkyl or cyclic N) is 1. The molecule has 2 rings (SSSR count). The van der Waals surface area contributed by atoms with Gasteiger partial charge in [-0.2, -0.15) is 0 Å². The van der Waals surface area contributed by atoms with Crippen molar-refractivity contribution in [3.05, 3.63) is 0 Å². The molecule has 0 radical (unpaired) electrons. The third-order valence-corrected chi connectivity index (χ3v) is 2.96. The predicted molar refractivity (Wildman–Crippen MR) is 49.9 cm³/mol. The van der Waals surface area contributed by atoms with E-state index in [-0.39, 0.29) is 12.6 Å². The second kappa shape index (κ2) is 3.40. The van der Waals surface area contributed by atoms with Crippen molar-refractivity contribution < 1.29 is 15.0 Å². The highest BCUT2D eigenvalue weighted by atomic mass is 16.4. The Labute approximate surface area is 82.9 Å². The van der Waals surface area contributed by atoms with Crippen molar-refractivity contribution >= 4 is 6.09 Å². The minimum atomic E-state index is -0.939. The fourth-order valence-electron chi connectivity index (χ4n) is 2.21. The molecule has 1 heterocycles. The van der Waals surface area contributed by atoms with Gasteiger partial charge >= 0.3 is 6.09 Å². The van der Waals surface area contributed by atoms with Crippen LogP contribution in [0.5, 0.6) is 0 Å². The van der Waals surface area contributed by atoms with E-state index in [1.54, 1.807) is 0 Å². The first kappa shape index (κ1) is 9.73. The van der Waals surface area contributed by atoms with Gasteiger partial charge in [-0.3, -0.25) is 4.90 Å². The van der Waals surface area contributed by atoms with Gasteiger partial charge in [0.2, 0.25) is 0 Å². The summed E-state index contributed by atoms with van der Waals surface area (Å²) in [5.41, 5.74) is 0. The molecule has 1 amide bonds. The molecule has 80 valence electrons. The molecular formula is C9H16N2O3. The van der Waals surface area contributed by atoms with Crippen LogP contribution in [0.25, 0.3) is 0 Å². The van der Waals surface area contributed by atoms with Gasteiger partial charge < -0.3 is 15.1 Å². The van der Waals surface area contributed by atoms with Crippen LogP contribution in [0, 0.1) is 0 Å². The largest absolute Gasteiger partial charge is 0.465 e. The maximum absolute atomic E-state index is 10.7. The Morgan fingerprint density at radius 2 is 2.00 bits per heavy atom. The molecule has 0 aromatic rings. The molecule has 2 aliphatic rings. The van der Waals surface area contributed by atoms with Crippen LogP contribution in [0.15, 0.2) is 0 Å². The maximum atomic E-state index is 10.7. The molecule has 14 heavy (non-hydrogen) atoms. The average Bonchev–Trinajstić information content (AvgIpc) is 2.86. The number of aliphatic hydroxyl groups is 1. The molecule has 0 aromatic carbocycles. The summed E-state index contributed by atoms with van der Waals surface area (Å²) in [4.78, 5) is 14.1. The first-order valence-corrected chi connectivity index (χ1v) is 5.03. The van der Waals surface area contributed by atoms with Crippen molar-refractivity contribution in [2.75, 3.05) is 13.1 Å². The van der Waals surface area contributed by atoms with Gasteiger partial charge in [0.15, 0.2) is 0 Å². The number of hydrogen-bond acceptors (Lipinski definition) is 3. The summed E-state index contributed by atoms with van der Waals surface area (Å²) >= 11 is 0. The van der Waals surface area contributed by atoms with E-state index in [4.69, 9.17) is 5.11 Å². The van der Waals surface area contributed by atoms with Crippen LogP contribution in [-0.2, 0) is 0 Å². The summed E-state index contributed by atoms with van der Waals surface area (Å²) in [5.74, 6) is 0. The third kappa shape index (κ3) is 1.69. The highest BCUT2D eigenvalue weighted by Crippen LogP contribution is 2.32. The van der Waals surface area contributed by atoms with E-state index in [1.165, 1.54) is 4.90 Å². The molecule has 5 heteroatoms. The first-order chi connectivity index (χ1) is 6.59. The lowest BCUT2D eigenvalue weighted by atomic mass is 10.2. The third-order valence-electron chi connectivity index (χ3n) is 2.96. The number of carboxylic acid groups (broad SMARTS) is 1. The second-order valence-corrected chi connectivity index (χ2v) is 4.20. The normalized spacial score (nSPS) is 34.6. The number of amides is 1. The fourth-order valence-corrected chi connectivity index (χ4v) is 2.21. The summed E-state index contributed by atoms with van der Waals surface area (Å²) in [6, 6.07) is 0.610. The van der Waals surface area contributed by atoms with Gasteiger partial charge in [0.1, 0.15) is 6.23 Å². The van der Waals surface area contributed by atoms with Crippen LogP contribution < -0.4 is 0 Å². The van der Waals surface area contributed by atoms with Crippen LogP contribution >= 0.6 is 0 Å². The Kier molecular flexibility index (Phi) is 2.36. The lowest BCUT2D eigenvalue weighted by Crippen LogP contribution is -2.59. The van der Waals surface area contributed by atoms with Crippen LogP contribution in [0.1, 0.15) is 19.8 Å². The van der Waals surface area contributed by atoms with Gasteiger partial charge in [0.25, 0.3) is 0 Å². The van der Waals surface area contributed by atoms with Crippen molar-refractivity contribution in [3.63, 3.8) is 0 Å². The number of hydrogen-bond donors (Lipinski definition) is 2. The highest BCUT2D eigenvalue weighted by Gasteiger charge is 2.41. The summed E-state index contributed by atoms with van der Waals surface area (Å²) < 4.78 is 0. The van der Waals surface area contributed by atoms with Crippen LogP contribution in [-0.4, -0.2) is 57.5 Å². The summed E-state index contributed by atoms with van der Waals surface area (Å²) in [6.07, 6.45) is 0.705. The minimum Gasteiger partial charge on any atom is -0.465 e. The summed E-state index contributed by atoms with van der Waals surface area (Å²) in [5, 5.41) is 18.6. The molecule has 1 aliphatic carbocycles. The van der Waals surface area contributed by atoms with Crippen molar-refractivity contribution in [3.8, 4) is 0 Å². The van der Waals surface area contributed by atoms with E-state index < -0.39 is 12.3 Å². The predicted octanol–water partition coefficient (Wildman–Crippen LogP) is 0.151. The second-order valence-electron chi connectivity index (χ2n) is 4.20. The Hall–Kier alpha value is -0.810. The van der Waals surface area contributed by atoms with Crippen LogP contribution in [0.2, 0.25) is 0 Å². The summed E-state index contributed by atoms with van der Waals surface area (Å²) in [7, 11) is 0. The molecule has 2 atom stereocenters. The molecule has 5 nitrogen and oxygen atoms in total. The molecule has 1 aliphatic heterocycles. The molecule has 1 saturated heterocycles. The number of carbonyl (C=O) groups is 1. The van der Waals surface area contributed by atoms with Crippen molar-refractivity contribution in [2.24, 2.45) is 0 Å². The van der Waals surface area contributed by atoms with E-state index in [9.17, 15) is 9.90 Å². The molecule has 2 fully saturated rings. The molecule has 0 aromatic heterocycles. The van der Waals surface area contributed by atoms with Gasteiger partial charge in [0, 0.05) is 18.6 Å². The van der Waals surface area contributed by atoms with Crippen LogP contribution in [0.3, 0.4) is 0 Å². The van der Waals surface area contributed by atoms with Gasteiger partial charge in [-0.05, 0) is 19.8 Å². The zero-order valence-electron chi connectivity index (χ0n) is 8.26. The molecule has 0 bridgehead atoms. The fraction of sp³-hybridized carbons (Fsp3) is 0.889. The standard InChI is InChI=1S/C9H16N2O3/c1-6-4-10(9(13)14)5-8(12)11(6)7-2-3-7/h6-8,12H,2-5H2,1H3,(H,13,14)/t6-,8?/m1/s1. The van der Waals surface area contributed by atoms with E-state index in [2.05, 4.69) is 0 Å². The van der Waals surface area contributed by atoms with Crippen molar-refractivity contribution in [1.82, 2.24) is 9.80 Å². The van der Waals surface area contributed by atoms with Gasteiger partial charge in [-0.25, -0.2) is 4.79 Å². The Balaban J connectivity index is 2.01. The van der Waals surface area contributed by atoms with E-state index in [0.29, 0.717) is 12.6 Å².